The van der Waals surface area contributed by atoms with Gasteiger partial charge in [-0.2, -0.15) is 4.98 Å². The van der Waals surface area contributed by atoms with Gasteiger partial charge in [0.15, 0.2) is 11.6 Å². The van der Waals surface area contributed by atoms with Crippen molar-refractivity contribution in [3.05, 3.63) is 41.6 Å². The van der Waals surface area contributed by atoms with Gasteiger partial charge >= 0.3 is 0 Å². The molecule has 116 valence electrons. The van der Waals surface area contributed by atoms with Crippen LogP contribution in [0.4, 0.5) is 4.39 Å². The van der Waals surface area contributed by atoms with Crippen molar-refractivity contribution in [3.63, 3.8) is 0 Å². The molecule has 0 bridgehead atoms. The highest BCUT2D eigenvalue weighted by molar-refractivity contribution is 5.94. The van der Waals surface area contributed by atoms with Crippen LogP contribution in [0.1, 0.15) is 35.0 Å². The number of amides is 1. The quantitative estimate of drug-likeness (QED) is 0.836. The molecule has 0 aliphatic carbocycles. The van der Waals surface area contributed by atoms with Gasteiger partial charge in [0.05, 0.1) is 24.5 Å². The molecule has 3 heterocycles. The van der Waals surface area contributed by atoms with Crippen LogP contribution in [0, 0.1) is 12.7 Å². The van der Waals surface area contributed by atoms with Gasteiger partial charge < -0.3 is 14.2 Å². The average Bonchev–Trinajstić information content (AvgIpc) is 2.93. The first kappa shape index (κ1) is 14.6. The Labute approximate surface area is 126 Å². The summed E-state index contributed by atoms with van der Waals surface area (Å²) in [7, 11) is 0. The number of pyridine rings is 1. The van der Waals surface area contributed by atoms with E-state index in [1.165, 1.54) is 17.2 Å². The standard InChI is InChI=1S/C14H15FN4O3/c1-8-12(13-17-9(2)18-22-13)19(5-6-21-8)14(20)10-3-4-16-7-11(10)15/h3-4,7-8,12H,5-6H2,1-2H3/t8-,12+/m1/s1. The Bertz CT molecular complexity index is 690. The molecule has 0 N–H and O–H groups in total. The Balaban J connectivity index is 1.96. The summed E-state index contributed by atoms with van der Waals surface area (Å²) in [6, 6.07) is 0.809. The van der Waals surface area contributed by atoms with Crippen LogP contribution in [0.5, 0.6) is 0 Å². The fourth-order valence-electron chi connectivity index (χ4n) is 2.52. The molecule has 8 heteroatoms. The van der Waals surface area contributed by atoms with Crippen molar-refractivity contribution in [2.75, 3.05) is 13.2 Å². The Morgan fingerprint density at radius 2 is 2.32 bits per heavy atom. The van der Waals surface area contributed by atoms with Crippen molar-refractivity contribution in [1.29, 1.82) is 0 Å². The topological polar surface area (TPSA) is 81.4 Å². The number of nitrogens with zero attached hydrogens (tertiary/aromatic N) is 4. The zero-order chi connectivity index (χ0) is 15.7. The van der Waals surface area contributed by atoms with E-state index in [9.17, 15) is 9.18 Å². The smallest absolute Gasteiger partial charge is 0.257 e. The second kappa shape index (κ2) is 5.80. The second-order valence-electron chi connectivity index (χ2n) is 5.05. The van der Waals surface area contributed by atoms with E-state index in [4.69, 9.17) is 9.26 Å². The largest absolute Gasteiger partial charge is 0.374 e. The lowest BCUT2D eigenvalue weighted by Crippen LogP contribution is -2.47. The van der Waals surface area contributed by atoms with Gasteiger partial charge in [-0.25, -0.2) is 4.39 Å². The number of halogens is 1. The molecule has 0 aromatic carbocycles. The Morgan fingerprint density at radius 1 is 1.50 bits per heavy atom. The van der Waals surface area contributed by atoms with Crippen LogP contribution >= 0.6 is 0 Å². The predicted octanol–water partition coefficient (Wildman–Crippen LogP) is 1.51. The van der Waals surface area contributed by atoms with Gasteiger partial charge in [-0.1, -0.05) is 5.16 Å². The molecule has 0 unspecified atom stereocenters. The molecule has 7 nitrogen and oxygen atoms in total. The summed E-state index contributed by atoms with van der Waals surface area (Å²) < 4.78 is 24.6. The maximum atomic E-state index is 13.8. The van der Waals surface area contributed by atoms with Crippen LogP contribution in [0.15, 0.2) is 23.0 Å². The van der Waals surface area contributed by atoms with Gasteiger partial charge in [0.1, 0.15) is 6.04 Å². The average molecular weight is 306 g/mol. The summed E-state index contributed by atoms with van der Waals surface area (Å²) in [5.41, 5.74) is -0.0367. The van der Waals surface area contributed by atoms with Gasteiger partial charge in [-0.3, -0.25) is 9.78 Å². The minimum atomic E-state index is -0.660. The third-order valence-electron chi connectivity index (χ3n) is 3.55. The third kappa shape index (κ3) is 2.57. The number of aryl methyl sites for hydroxylation is 1. The first-order chi connectivity index (χ1) is 10.6. The van der Waals surface area contributed by atoms with Crippen LogP contribution < -0.4 is 0 Å². The van der Waals surface area contributed by atoms with Crippen molar-refractivity contribution in [1.82, 2.24) is 20.0 Å². The van der Waals surface area contributed by atoms with E-state index in [1.807, 2.05) is 6.92 Å². The molecule has 3 rings (SSSR count). The van der Waals surface area contributed by atoms with Crippen LogP contribution in [0.2, 0.25) is 0 Å². The highest BCUT2D eigenvalue weighted by Gasteiger charge is 2.38. The van der Waals surface area contributed by atoms with E-state index in [1.54, 1.807) is 6.92 Å². The Kier molecular flexibility index (Phi) is 3.84. The molecule has 2 aromatic heterocycles. The monoisotopic (exact) mass is 306 g/mol. The van der Waals surface area contributed by atoms with E-state index < -0.39 is 17.8 Å². The Morgan fingerprint density at radius 3 is 3.00 bits per heavy atom. The molecule has 1 aliphatic heterocycles. The Hall–Kier alpha value is -2.35. The van der Waals surface area contributed by atoms with Crippen molar-refractivity contribution >= 4 is 5.91 Å². The first-order valence-corrected chi connectivity index (χ1v) is 6.90. The van der Waals surface area contributed by atoms with Crippen molar-refractivity contribution in [3.8, 4) is 0 Å². The molecule has 22 heavy (non-hydrogen) atoms. The second-order valence-corrected chi connectivity index (χ2v) is 5.05. The SMILES string of the molecule is Cc1noc([C@@H]2[C@@H](C)OCCN2C(=O)c2ccncc2F)n1. The number of morpholine rings is 1. The van der Waals surface area contributed by atoms with Crippen molar-refractivity contribution in [2.24, 2.45) is 0 Å². The van der Waals surface area contributed by atoms with E-state index >= 15 is 0 Å². The molecule has 0 saturated carbocycles. The van der Waals surface area contributed by atoms with E-state index in [-0.39, 0.29) is 17.6 Å². The number of hydrogen-bond acceptors (Lipinski definition) is 6. The number of carbonyl (C=O) groups is 1. The highest BCUT2D eigenvalue weighted by Crippen LogP contribution is 2.30. The summed E-state index contributed by atoms with van der Waals surface area (Å²) in [6.07, 6.45) is 2.07. The van der Waals surface area contributed by atoms with Crippen LogP contribution in [-0.2, 0) is 4.74 Å². The van der Waals surface area contributed by atoms with E-state index in [0.29, 0.717) is 19.0 Å². The number of ether oxygens (including phenoxy) is 1. The normalized spacial score (nSPS) is 21.9. The molecule has 2 aromatic rings. The highest BCUT2D eigenvalue weighted by atomic mass is 19.1. The molecule has 2 atom stereocenters. The van der Waals surface area contributed by atoms with Gasteiger partial charge in [0, 0.05) is 12.7 Å². The lowest BCUT2D eigenvalue weighted by atomic mass is 10.1. The zero-order valence-corrected chi connectivity index (χ0v) is 12.2. The van der Waals surface area contributed by atoms with Crippen LogP contribution in [0.25, 0.3) is 0 Å². The summed E-state index contributed by atoms with van der Waals surface area (Å²) in [5.74, 6) is -0.356. The number of rotatable bonds is 2. The van der Waals surface area contributed by atoms with Gasteiger partial charge in [-0.05, 0) is 19.9 Å². The summed E-state index contributed by atoms with van der Waals surface area (Å²) in [4.78, 5) is 22.0. The van der Waals surface area contributed by atoms with E-state index in [2.05, 4.69) is 15.1 Å². The predicted molar refractivity (Wildman–Crippen MR) is 72.4 cm³/mol. The van der Waals surface area contributed by atoms with Crippen LogP contribution in [0.3, 0.4) is 0 Å². The summed E-state index contributed by atoms with van der Waals surface area (Å²) >= 11 is 0. The first-order valence-electron chi connectivity index (χ1n) is 6.90. The summed E-state index contributed by atoms with van der Waals surface area (Å²) in [6.45, 7) is 4.18. The molecule has 1 aliphatic rings. The van der Waals surface area contributed by atoms with E-state index in [0.717, 1.165) is 6.20 Å². The molecule has 1 amide bonds. The van der Waals surface area contributed by atoms with Gasteiger partial charge in [0.25, 0.3) is 11.8 Å². The molecule has 0 spiro atoms. The summed E-state index contributed by atoms with van der Waals surface area (Å²) in [5, 5.41) is 3.75. The molecular formula is C14H15FN4O3. The molecular weight excluding hydrogens is 291 g/mol. The molecule has 1 fully saturated rings. The maximum absolute atomic E-state index is 13.8. The van der Waals surface area contributed by atoms with Crippen LogP contribution in [-0.4, -0.2) is 45.2 Å². The zero-order valence-electron chi connectivity index (χ0n) is 12.2. The minimum Gasteiger partial charge on any atom is -0.374 e. The molecule has 0 radical (unpaired) electrons. The lowest BCUT2D eigenvalue weighted by molar-refractivity contribution is -0.0601. The number of hydrogen-bond donors (Lipinski definition) is 0. The fourth-order valence-corrected chi connectivity index (χ4v) is 2.52. The third-order valence-corrected chi connectivity index (χ3v) is 3.55. The minimum absolute atomic E-state index is 0.0367. The van der Waals surface area contributed by atoms with Gasteiger partial charge in [-0.15, -0.1) is 0 Å². The van der Waals surface area contributed by atoms with Crippen molar-refractivity contribution in [2.45, 2.75) is 26.0 Å². The number of aromatic nitrogens is 3. The van der Waals surface area contributed by atoms with Crippen molar-refractivity contribution < 1.29 is 18.4 Å². The lowest BCUT2D eigenvalue weighted by Gasteiger charge is -2.37. The van der Waals surface area contributed by atoms with Gasteiger partial charge in [0.2, 0.25) is 0 Å². The maximum Gasteiger partial charge on any atom is 0.257 e. The fraction of sp³-hybridized carbons (Fsp3) is 0.429. The molecule has 1 saturated heterocycles. The number of carbonyl (C=O) groups excluding carboxylic acids is 1.